The van der Waals surface area contributed by atoms with Gasteiger partial charge in [0.2, 0.25) is 0 Å². The summed E-state index contributed by atoms with van der Waals surface area (Å²) in [6.07, 6.45) is 4.11. The van der Waals surface area contributed by atoms with Gasteiger partial charge in [-0.25, -0.2) is 0 Å². The number of aryl methyl sites for hydroxylation is 1. The summed E-state index contributed by atoms with van der Waals surface area (Å²) >= 11 is 0. The molecule has 0 bridgehead atoms. The van der Waals surface area contributed by atoms with E-state index in [0.29, 0.717) is 16.5 Å². The summed E-state index contributed by atoms with van der Waals surface area (Å²) in [5, 5.41) is 25.7. The van der Waals surface area contributed by atoms with Gasteiger partial charge in [-0.3, -0.25) is 4.99 Å². The van der Waals surface area contributed by atoms with Crippen molar-refractivity contribution in [3.63, 3.8) is 0 Å². The van der Waals surface area contributed by atoms with Crippen LogP contribution in [0.25, 0.3) is 5.69 Å². The topological polar surface area (TPSA) is 98.5 Å². The summed E-state index contributed by atoms with van der Waals surface area (Å²) in [6.45, 7) is 3.99. The fourth-order valence-corrected chi connectivity index (χ4v) is 3.15. The second-order valence-corrected chi connectivity index (χ2v) is 6.38. The molecule has 2 aromatic rings. The standard InChI is InChI=1S/C16H21N5O3/c1-11-6-5-8-13(10-11)19-18-16(21(23)24)15(20(19)22)17-14-9-4-3-7-12(14)2/h5-6,8,10,12,14,22H,3-4,7,9H2,1-2H3. The maximum Gasteiger partial charge on any atom is 0.438 e. The zero-order chi connectivity index (χ0) is 17.3. The summed E-state index contributed by atoms with van der Waals surface area (Å²) in [5.41, 5.74) is 1.41. The summed E-state index contributed by atoms with van der Waals surface area (Å²) in [7, 11) is 0. The van der Waals surface area contributed by atoms with E-state index in [4.69, 9.17) is 0 Å². The van der Waals surface area contributed by atoms with Gasteiger partial charge in [0.1, 0.15) is 5.69 Å². The van der Waals surface area contributed by atoms with Crippen LogP contribution < -0.4 is 5.49 Å². The summed E-state index contributed by atoms with van der Waals surface area (Å²) in [6, 6.07) is 7.18. The SMILES string of the molecule is Cc1cccc(-n2nc([N+](=O)[O-])c(=NC3CCCCC3C)n2O)c1. The molecular weight excluding hydrogens is 310 g/mol. The summed E-state index contributed by atoms with van der Waals surface area (Å²) in [4.78, 5) is 17.0. The van der Waals surface area contributed by atoms with Gasteiger partial charge >= 0.3 is 5.82 Å². The maximum absolute atomic E-state index is 11.4. The molecule has 1 aliphatic carbocycles. The first-order chi connectivity index (χ1) is 11.5. The van der Waals surface area contributed by atoms with Gasteiger partial charge in [0.15, 0.2) is 0 Å². The minimum Gasteiger partial charge on any atom is -0.409 e. The molecule has 2 unspecified atom stereocenters. The third-order valence-corrected chi connectivity index (χ3v) is 4.52. The van der Waals surface area contributed by atoms with E-state index < -0.39 is 10.7 Å². The van der Waals surface area contributed by atoms with Crippen molar-refractivity contribution in [2.75, 3.05) is 0 Å². The lowest BCUT2D eigenvalue weighted by Gasteiger charge is -2.24. The van der Waals surface area contributed by atoms with Crippen molar-refractivity contribution in [1.82, 2.24) is 14.7 Å². The van der Waals surface area contributed by atoms with Crippen molar-refractivity contribution in [3.8, 4) is 5.69 Å². The molecule has 0 saturated heterocycles. The molecule has 1 saturated carbocycles. The Hall–Kier alpha value is -2.64. The van der Waals surface area contributed by atoms with Crippen molar-refractivity contribution >= 4 is 5.82 Å². The average molecular weight is 331 g/mol. The molecule has 24 heavy (non-hydrogen) atoms. The monoisotopic (exact) mass is 331 g/mol. The van der Waals surface area contributed by atoms with Crippen molar-refractivity contribution < 1.29 is 10.1 Å². The highest BCUT2D eigenvalue weighted by Gasteiger charge is 2.27. The number of benzene rings is 1. The minimum atomic E-state index is -0.606. The number of nitro groups is 1. The molecule has 128 valence electrons. The molecule has 0 radical (unpaired) electrons. The second-order valence-electron chi connectivity index (χ2n) is 6.38. The van der Waals surface area contributed by atoms with Gasteiger partial charge in [-0.2, -0.15) is 0 Å². The molecule has 1 heterocycles. The third-order valence-electron chi connectivity index (χ3n) is 4.52. The van der Waals surface area contributed by atoms with E-state index in [9.17, 15) is 15.3 Å². The highest BCUT2D eigenvalue weighted by Crippen LogP contribution is 2.26. The van der Waals surface area contributed by atoms with Crippen LogP contribution >= 0.6 is 0 Å². The van der Waals surface area contributed by atoms with Gasteiger partial charge < -0.3 is 15.3 Å². The van der Waals surface area contributed by atoms with E-state index >= 15 is 0 Å². The molecule has 0 aliphatic heterocycles. The molecule has 0 spiro atoms. The largest absolute Gasteiger partial charge is 0.438 e. The van der Waals surface area contributed by atoms with E-state index in [2.05, 4.69) is 17.0 Å². The number of aromatic nitrogens is 3. The van der Waals surface area contributed by atoms with Crippen LogP contribution in [0.15, 0.2) is 29.3 Å². The van der Waals surface area contributed by atoms with Crippen LogP contribution in [-0.2, 0) is 0 Å². The Morgan fingerprint density at radius 2 is 2.12 bits per heavy atom. The first-order valence-electron chi connectivity index (χ1n) is 8.14. The normalized spacial score (nSPS) is 21.8. The maximum atomic E-state index is 11.4. The van der Waals surface area contributed by atoms with E-state index in [-0.39, 0.29) is 11.5 Å². The molecular formula is C16H21N5O3. The molecule has 1 fully saturated rings. The van der Waals surface area contributed by atoms with Crippen LogP contribution in [0.5, 0.6) is 0 Å². The molecule has 1 aromatic heterocycles. The summed E-state index contributed by atoms with van der Waals surface area (Å²) in [5.74, 6) is -0.0996. The molecule has 0 amide bonds. The van der Waals surface area contributed by atoms with Gasteiger partial charge in [0.25, 0.3) is 5.49 Å². The van der Waals surface area contributed by atoms with E-state index in [0.717, 1.165) is 36.0 Å². The van der Waals surface area contributed by atoms with E-state index in [1.165, 1.54) is 0 Å². The fourth-order valence-electron chi connectivity index (χ4n) is 3.15. The van der Waals surface area contributed by atoms with Crippen molar-refractivity contribution in [2.24, 2.45) is 10.9 Å². The third kappa shape index (κ3) is 3.04. The summed E-state index contributed by atoms with van der Waals surface area (Å²) < 4.78 is 0. The highest BCUT2D eigenvalue weighted by atomic mass is 16.6. The molecule has 8 nitrogen and oxygen atoms in total. The van der Waals surface area contributed by atoms with Gasteiger partial charge in [0.05, 0.1) is 11.1 Å². The molecule has 3 rings (SSSR count). The number of hydrogen-bond donors (Lipinski definition) is 1. The second kappa shape index (κ2) is 6.46. The molecule has 1 N–H and O–H groups in total. The van der Waals surface area contributed by atoms with Crippen LogP contribution in [0.1, 0.15) is 38.2 Å². The van der Waals surface area contributed by atoms with Crippen LogP contribution in [0.2, 0.25) is 0 Å². The van der Waals surface area contributed by atoms with Crippen molar-refractivity contribution in [3.05, 3.63) is 45.4 Å². The first-order valence-corrected chi connectivity index (χ1v) is 8.14. The van der Waals surface area contributed by atoms with Gasteiger partial charge in [0, 0.05) is 0 Å². The van der Waals surface area contributed by atoms with Gasteiger partial charge in [-0.05, 0) is 53.1 Å². The van der Waals surface area contributed by atoms with Crippen LogP contribution in [0, 0.1) is 23.0 Å². The Labute approximate surface area is 139 Å². The van der Waals surface area contributed by atoms with Crippen LogP contribution in [-0.4, -0.2) is 30.9 Å². The lowest BCUT2D eigenvalue weighted by atomic mass is 9.86. The zero-order valence-electron chi connectivity index (χ0n) is 13.8. The fraction of sp³-hybridized carbons (Fsp3) is 0.500. The average Bonchev–Trinajstić information content (AvgIpc) is 2.87. The smallest absolute Gasteiger partial charge is 0.409 e. The van der Waals surface area contributed by atoms with Crippen molar-refractivity contribution in [1.29, 1.82) is 0 Å². The Morgan fingerprint density at radius 3 is 2.79 bits per heavy atom. The quantitative estimate of drug-likeness (QED) is 0.531. The Morgan fingerprint density at radius 1 is 1.38 bits per heavy atom. The predicted octanol–water partition coefficient (Wildman–Crippen LogP) is 2.61. The van der Waals surface area contributed by atoms with Crippen molar-refractivity contribution in [2.45, 2.75) is 45.6 Å². The number of hydrogen-bond acceptors (Lipinski definition) is 5. The Kier molecular flexibility index (Phi) is 4.37. The Balaban J connectivity index is 2.13. The van der Waals surface area contributed by atoms with Crippen LogP contribution in [0.4, 0.5) is 5.82 Å². The molecule has 8 heteroatoms. The highest BCUT2D eigenvalue weighted by molar-refractivity contribution is 5.34. The molecule has 1 aromatic carbocycles. The van der Waals surface area contributed by atoms with E-state index in [1.54, 1.807) is 18.2 Å². The van der Waals surface area contributed by atoms with Gasteiger partial charge in [-0.15, -0.1) is 0 Å². The molecule has 1 aliphatic rings. The van der Waals surface area contributed by atoms with Crippen LogP contribution in [0.3, 0.4) is 0 Å². The number of rotatable bonds is 3. The lowest BCUT2D eigenvalue weighted by Crippen LogP contribution is -2.28. The Bertz CT molecular complexity index is 823. The van der Waals surface area contributed by atoms with Gasteiger partial charge in [-0.1, -0.05) is 36.7 Å². The zero-order valence-corrected chi connectivity index (χ0v) is 13.8. The molecule has 2 atom stereocenters. The minimum absolute atomic E-state index is 0.0361. The first kappa shape index (κ1) is 16.2. The number of nitrogens with zero attached hydrogens (tertiary/aromatic N) is 5. The predicted molar refractivity (Wildman–Crippen MR) is 87.1 cm³/mol. The lowest BCUT2D eigenvalue weighted by molar-refractivity contribution is -0.391. The van der Waals surface area contributed by atoms with E-state index in [1.807, 2.05) is 13.0 Å².